The molecule has 1 N–H and O–H groups in total. The Morgan fingerprint density at radius 3 is 2.31 bits per heavy atom. The number of amides is 2. The van der Waals surface area contributed by atoms with Gasteiger partial charge in [-0.2, -0.15) is 0 Å². The summed E-state index contributed by atoms with van der Waals surface area (Å²) >= 11 is 1.23. The minimum atomic E-state index is -1.40. The maximum absolute atomic E-state index is 11.7. The van der Waals surface area contributed by atoms with E-state index in [4.69, 9.17) is 0 Å². The van der Waals surface area contributed by atoms with Gasteiger partial charge in [0, 0.05) is 0 Å². The van der Waals surface area contributed by atoms with E-state index in [0.29, 0.717) is 6.42 Å². The number of aliphatic carboxylic acids is 1. The van der Waals surface area contributed by atoms with E-state index in [-0.39, 0.29) is 17.9 Å². The number of nitrogens with zero attached hydrogens (tertiary/aromatic N) is 1. The molecule has 0 spiro atoms. The maximum Gasteiger partial charge on any atom is 0.329 e. The van der Waals surface area contributed by atoms with Crippen LogP contribution in [0.1, 0.15) is 26.7 Å². The van der Waals surface area contributed by atoms with Crippen LogP contribution in [0.3, 0.4) is 0 Å². The summed E-state index contributed by atoms with van der Waals surface area (Å²) in [6.07, 6.45) is 0.886. The largest absolute Gasteiger partial charge is 0.479 e. The molecule has 1 aliphatic rings. The first kappa shape index (κ1) is 13.0. The van der Waals surface area contributed by atoms with Crippen molar-refractivity contribution in [2.24, 2.45) is 0 Å². The Bertz CT molecular complexity index is 315. The molecule has 1 fully saturated rings. The van der Waals surface area contributed by atoms with E-state index in [9.17, 15) is 19.5 Å². The predicted molar refractivity (Wildman–Crippen MR) is 60.1 cm³/mol. The highest BCUT2D eigenvalue weighted by molar-refractivity contribution is 8.00. The molecule has 1 atom stereocenters. The zero-order valence-corrected chi connectivity index (χ0v) is 10.2. The van der Waals surface area contributed by atoms with Crippen molar-refractivity contribution in [2.45, 2.75) is 32.2 Å². The lowest BCUT2D eigenvalue weighted by molar-refractivity contribution is -0.164. The maximum atomic E-state index is 11.7. The van der Waals surface area contributed by atoms with Crippen molar-refractivity contribution < 1.29 is 19.5 Å². The van der Waals surface area contributed by atoms with Crippen molar-refractivity contribution in [2.75, 3.05) is 11.5 Å². The van der Waals surface area contributed by atoms with Crippen LogP contribution in [0, 0.1) is 0 Å². The second kappa shape index (κ2) is 4.86. The molecule has 1 saturated heterocycles. The highest BCUT2D eigenvalue weighted by atomic mass is 32.2. The number of hydrogen-bond acceptors (Lipinski definition) is 4. The summed E-state index contributed by atoms with van der Waals surface area (Å²) in [5, 5.41) is 9.20. The summed E-state index contributed by atoms with van der Waals surface area (Å²) in [5.41, 5.74) is -1.40. The fourth-order valence-corrected chi connectivity index (χ4v) is 2.55. The van der Waals surface area contributed by atoms with Gasteiger partial charge in [-0.3, -0.25) is 14.5 Å². The Kier molecular flexibility index (Phi) is 3.96. The zero-order chi connectivity index (χ0) is 12.3. The fraction of sp³-hybridized carbons (Fsp3) is 0.700. The third-order valence-corrected chi connectivity index (χ3v) is 3.54. The van der Waals surface area contributed by atoms with E-state index in [0.717, 1.165) is 4.90 Å². The van der Waals surface area contributed by atoms with Gasteiger partial charge in [0.2, 0.25) is 11.8 Å². The van der Waals surface area contributed by atoms with Crippen LogP contribution in [0.25, 0.3) is 0 Å². The average molecular weight is 245 g/mol. The standard InChI is InChI=1S/C10H15NO4S/c1-3-4-10(2,9(14)15)11-7(12)5-16-6-8(11)13/h3-6H2,1-2H3,(H,14,15). The van der Waals surface area contributed by atoms with Gasteiger partial charge >= 0.3 is 5.97 Å². The molecule has 0 saturated carbocycles. The van der Waals surface area contributed by atoms with E-state index in [1.54, 1.807) is 0 Å². The Hall–Kier alpha value is -1.04. The summed E-state index contributed by atoms with van der Waals surface area (Å²) in [6, 6.07) is 0. The lowest BCUT2D eigenvalue weighted by atomic mass is 9.93. The lowest BCUT2D eigenvalue weighted by Gasteiger charge is -2.38. The minimum absolute atomic E-state index is 0.179. The van der Waals surface area contributed by atoms with Gasteiger partial charge in [0.15, 0.2) is 0 Å². The third-order valence-electron chi connectivity index (χ3n) is 2.64. The van der Waals surface area contributed by atoms with Crippen LogP contribution in [-0.2, 0) is 14.4 Å². The van der Waals surface area contributed by atoms with Gasteiger partial charge in [-0.15, -0.1) is 11.8 Å². The van der Waals surface area contributed by atoms with Gasteiger partial charge < -0.3 is 5.11 Å². The Morgan fingerprint density at radius 2 is 1.94 bits per heavy atom. The molecule has 16 heavy (non-hydrogen) atoms. The van der Waals surface area contributed by atoms with Crippen LogP contribution in [0.2, 0.25) is 0 Å². The molecule has 0 bridgehead atoms. The molecule has 90 valence electrons. The van der Waals surface area contributed by atoms with Gasteiger partial charge in [0.1, 0.15) is 5.54 Å². The quantitative estimate of drug-likeness (QED) is 0.739. The Labute approximate surface area is 98.2 Å². The summed E-state index contributed by atoms with van der Waals surface area (Å²) in [5.74, 6) is -1.57. The molecular formula is C10H15NO4S. The molecule has 5 nitrogen and oxygen atoms in total. The number of carbonyl (C=O) groups is 3. The number of imide groups is 1. The second-order valence-corrected chi connectivity index (χ2v) is 4.93. The first-order valence-electron chi connectivity index (χ1n) is 5.10. The summed E-state index contributed by atoms with van der Waals surface area (Å²) in [6.45, 7) is 3.26. The lowest BCUT2D eigenvalue weighted by Crippen LogP contribution is -2.60. The number of thioether (sulfide) groups is 1. The first-order chi connectivity index (χ1) is 7.43. The summed E-state index contributed by atoms with van der Waals surface area (Å²) in [7, 11) is 0. The van der Waals surface area contributed by atoms with Crippen LogP contribution in [0.15, 0.2) is 0 Å². The predicted octanol–water partition coefficient (Wildman–Crippen LogP) is 0.732. The highest BCUT2D eigenvalue weighted by Gasteiger charge is 2.46. The number of rotatable bonds is 4. The van der Waals surface area contributed by atoms with E-state index < -0.39 is 23.3 Å². The smallest absolute Gasteiger partial charge is 0.329 e. The van der Waals surface area contributed by atoms with Crippen molar-refractivity contribution in [1.82, 2.24) is 4.90 Å². The molecule has 1 unspecified atom stereocenters. The van der Waals surface area contributed by atoms with Crippen molar-refractivity contribution in [3.63, 3.8) is 0 Å². The molecule has 0 aromatic carbocycles. The second-order valence-electron chi connectivity index (χ2n) is 3.94. The van der Waals surface area contributed by atoms with Crippen LogP contribution < -0.4 is 0 Å². The highest BCUT2D eigenvalue weighted by Crippen LogP contribution is 2.26. The minimum Gasteiger partial charge on any atom is -0.479 e. The molecule has 1 aliphatic heterocycles. The monoisotopic (exact) mass is 245 g/mol. The molecule has 2 amide bonds. The average Bonchev–Trinajstić information content (AvgIpc) is 2.17. The van der Waals surface area contributed by atoms with Crippen LogP contribution in [0.5, 0.6) is 0 Å². The van der Waals surface area contributed by atoms with Crippen LogP contribution >= 0.6 is 11.8 Å². The molecule has 0 aromatic heterocycles. The molecular weight excluding hydrogens is 230 g/mol. The molecule has 0 aromatic rings. The van der Waals surface area contributed by atoms with Crippen LogP contribution in [-0.4, -0.2) is 44.8 Å². The normalized spacial score (nSPS) is 20.8. The molecule has 0 radical (unpaired) electrons. The van der Waals surface area contributed by atoms with Crippen LogP contribution in [0.4, 0.5) is 0 Å². The van der Waals surface area contributed by atoms with Gasteiger partial charge in [-0.1, -0.05) is 13.3 Å². The third kappa shape index (κ3) is 2.21. The Morgan fingerprint density at radius 1 is 1.44 bits per heavy atom. The van der Waals surface area contributed by atoms with E-state index in [2.05, 4.69) is 0 Å². The molecule has 1 rings (SSSR count). The van der Waals surface area contributed by atoms with E-state index >= 15 is 0 Å². The number of carboxylic acids is 1. The van der Waals surface area contributed by atoms with E-state index in [1.165, 1.54) is 18.7 Å². The zero-order valence-electron chi connectivity index (χ0n) is 9.36. The van der Waals surface area contributed by atoms with Crippen molar-refractivity contribution in [1.29, 1.82) is 0 Å². The number of carboxylic acid groups (broad SMARTS) is 1. The topological polar surface area (TPSA) is 74.7 Å². The van der Waals surface area contributed by atoms with Gasteiger partial charge in [-0.25, -0.2) is 4.79 Å². The Balaban J connectivity index is 3.04. The van der Waals surface area contributed by atoms with E-state index in [1.807, 2.05) is 6.92 Å². The SMILES string of the molecule is CCCC(C)(C(=O)O)N1C(=O)CSCC1=O. The summed E-state index contributed by atoms with van der Waals surface area (Å²) < 4.78 is 0. The number of carbonyl (C=O) groups excluding carboxylic acids is 2. The van der Waals surface area contributed by atoms with Crippen molar-refractivity contribution in [3.05, 3.63) is 0 Å². The van der Waals surface area contributed by atoms with Gasteiger partial charge in [0.25, 0.3) is 0 Å². The molecule has 0 aliphatic carbocycles. The molecule has 6 heteroatoms. The first-order valence-corrected chi connectivity index (χ1v) is 6.26. The fourth-order valence-electron chi connectivity index (χ4n) is 1.85. The molecule has 1 heterocycles. The number of hydrogen-bond donors (Lipinski definition) is 1. The van der Waals surface area contributed by atoms with Gasteiger partial charge in [-0.05, 0) is 13.3 Å². The van der Waals surface area contributed by atoms with Crippen molar-refractivity contribution >= 4 is 29.5 Å². The van der Waals surface area contributed by atoms with Crippen molar-refractivity contribution in [3.8, 4) is 0 Å². The van der Waals surface area contributed by atoms with Gasteiger partial charge in [0.05, 0.1) is 11.5 Å². The summed E-state index contributed by atoms with van der Waals surface area (Å²) in [4.78, 5) is 35.5.